The van der Waals surface area contributed by atoms with Gasteiger partial charge in [0.2, 0.25) is 0 Å². The predicted octanol–water partition coefficient (Wildman–Crippen LogP) is 1.05. The van der Waals surface area contributed by atoms with Crippen LogP contribution in [-0.2, 0) is 9.59 Å². The van der Waals surface area contributed by atoms with E-state index in [0.29, 0.717) is 12.8 Å². The van der Waals surface area contributed by atoms with Gasteiger partial charge < -0.3 is 16.6 Å². The highest BCUT2D eigenvalue weighted by Gasteiger charge is 2.12. The van der Waals surface area contributed by atoms with Crippen molar-refractivity contribution < 1.29 is 14.7 Å². The van der Waals surface area contributed by atoms with Gasteiger partial charge in [-0.3, -0.25) is 9.59 Å². The summed E-state index contributed by atoms with van der Waals surface area (Å²) in [6, 6.07) is -1.12. The highest BCUT2D eigenvalue weighted by molar-refractivity contribution is 5.83. The van der Waals surface area contributed by atoms with Gasteiger partial charge in [0.1, 0.15) is 11.8 Å². The molecule has 0 rings (SSSR count). The Hall–Kier alpha value is -0.940. The molecular weight excluding hydrogens is 220 g/mol. The van der Waals surface area contributed by atoms with Crippen LogP contribution >= 0.6 is 0 Å². The lowest BCUT2D eigenvalue weighted by Crippen LogP contribution is -2.30. The summed E-state index contributed by atoms with van der Waals surface area (Å²) in [6.07, 6.45) is 4.94. The van der Waals surface area contributed by atoms with Gasteiger partial charge in [0.15, 0.2) is 0 Å². The van der Waals surface area contributed by atoms with Crippen molar-refractivity contribution in [1.29, 1.82) is 0 Å². The summed E-state index contributed by atoms with van der Waals surface area (Å²) < 4.78 is 0. The third kappa shape index (κ3) is 7.88. The maximum atomic E-state index is 11.5. The van der Waals surface area contributed by atoms with Gasteiger partial charge in [-0.1, -0.05) is 26.2 Å². The van der Waals surface area contributed by atoms with Crippen LogP contribution in [0.25, 0.3) is 0 Å². The molecule has 0 saturated heterocycles. The Morgan fingerprint density at radius 1 is 1.06 bits per heavy atom. The number of rotatable bonds is 10. The van der Waals surface area contributed by atoms with Crippen molar-refractivity contribution in [3.8, 4) is 0 Å². The summed E-state index contributed by atoms with van der Waals surface area (Å²) in [5.74, 6) is -0.861. The maximum Gasteiger partial charge on any atom is 0.320 e. The van der Waals surface area contributed by atoms with Gasteiger partial charge in [0.25, 0.3) is 0 Å². The van der Waals surface area contributed by atoms with Crippen LogP contribution in [0.5, 0.6) is 0 Å². The molecule has 5 N–H and O–H groups in total. The van der Waals surface area contributed by atoms with Crippen molar-refractivity contribution in [2.45, 2.75) is 64.0 Å². The molecule has 17 heavy (non-hydrogen) atoms. The molecule has 0 radical (unpaired) electrons. The van der Waals surface area contributed by atoms with E-state index in [0.717, 1.165) is 32.1 Å². The van der Waals surface area contributed by atoms with Crippen LogP contribution in [-0.4, -0.2) is 28.9 Å². The van der Waals surface area contributed by atoms with Crippen molar-refractivity contribution in [2.24, 2.45) is 11.5 Å². The molecule has 0 unspecified atom stereocenters. The second kappa shape index (κ2) is 9.13. The Bertz CT molecular complexity index is 244. The van der Waals surface area contributed by atoms with Crippen LogP contribution in [0.2, 0.25) is 0 Å². The van der Waals surface area contributed by atoms with Gasteiger partial charge in [0.05, 0.1) is 6.04 Å². The van der Waals surface area contributed by atoms with E-state index in [1.54, 1.807) is 0 Å². The summed E-state index contributed by atoms with van der Waals surface area (Å²) >= 11 is 0. The molecule has 0 bridgehead atoms. The zero-order chi connectivity index (χ0) is 13.3. The number of ketones is 1. The van der Waals surface area contributed by atoms with E-state index in [1.807, 2.05) is 6.92 Å². The summed E-state index contributed by atoms with van der Waals surface area (Å²) in [5.41, 5.74) is 11.0. The average Bonchev–Trinajstić information content (AvgIpc) is 2.28. The molecule has 0 fully saturated rings. The molecule has 2 atom stereocenters. The molecule has 0 amide bonds. The lowest BCUT2D eigenvalue weighted by molar-refractivity contribution is -0.138. The quantitative estimate of drug-likeness (QED) is 0.498. The van der Waals surface area contributed by atoms with Crippen LogP contribution in [0.4, 0.5) is 0 Å². The zero-order valence-corrected chi connectivity index (χ0v) is 10.5. The number of aliphatic carboxylic acids is 1. The number of carbonyl (C=O) groups is 2. The van der Waals surface area contributed by atoms with E-state index in [1.165, 1.54) is 0 Å². The molecule has 0 heterocycles. The number of hydrogen-bond donors (Lipinski definition) is 3. The van der Waals surface area contributed by atoms with Crippen LogP contribution in [0.1, 0.15) is 51.9 Å². The Morgan fingerprint density at radius 2 is 1.71 bits per heavy atom. The predicted molar refractivity (Wildman–Crippen MR) is 66.6 cm³/mol. The standard InChI is InChI=1S/C12H24N2O3/c1-2-6-9(13)11(15)8-5-3-4-7-10(14)12(16)17/h9-10H,2-8,13-14H2,1H3,(H,16,17)/t9-,10-/m0/s1. The van der Waals surface area contributed by atoms with Gasteiger partial charge >= 0.3 is 5.97 Å². The van der Waals surface area contributed by atoms with Gasteiger partial charge in [-0.15, -0.1) is 0 Å². The maximum absolute atomic E-state index is 11.5. The normalized spacial score (nSPS) is 14.3. The summed E-state index contributed by atoms with van der Waals surface area (Å²) in [7, 11) is 0. The molecule has 0 aliphatic heterocycles. The minimum Gasteiger partial charge on any atom is -0.480 e. The first kappa shape index (κ1) is 16.1. The van der Waals surface area contributed by atoms with Crippen molar-refractivity contribution >= 4 is 11.8 Å². The topological polar surface area (TPSA) is 106 Å². The number of Topliss-reactive ketones (excluding diaryl/α,β-unsaturated/α-hetero) is 1. The molecular formula is C12H24N2O3. The molecule has 100 valence electrons. The number of carboxylic acids is 1. The SMILES string of the molecule is CCC[C@H](N)C(=O)CCCCC[C@H](N)C(=O)O. The number of carboxylic acid groups (broad SMARTS) is 1. The monoisotopic (exact) mass is 244 g/mol. The summed E-state index contributed by atoms with van der Waals surface area (Å²) in [5, 5.41) is 8.56. The van der Waals surface area contributed by atoms with Gasteiger partial charge in [0, 0.05) is 6.42 Å². The summed E-state index contributed by atoms with van der Waals surface area (Å²) in [4.78, 5) is 21.9. The zero-order valence-electron chi connectivity index (χ0n) is 10.5. The number of unbranched alkanes of at least 4 members (excludes halogenated alkanes) is 2. The minimum absolute atomic E-state index is 0.106. The van der Waals surface area contributed by atoms with Crippen LogP contribution < -0.4 is 11.5 Å². The number of nitrogens with two attached hydrogens (primary N) is 2. The fourth-order valence-electron chi connectivity index (χ4n) is 1.62. The average molecular weight is 244 g/mol. The highest BCUT2D eigenvalue weighted by Crippen LogP contribution is 2.07. The fraction of sp³-hybridized carbons (Fsp3) is 0.833. The first-order valence-electron chi connectivity index (χ1n) is 6.25. The van der Waals surface area contributed by atoms with Gasteiger partial charge in [-0.25, -0.2) is 0 Å². The Balaban J connectivity index is 3.51. The van der Waals surface area contributed by atoms with E-state index in [-0.39, 0.29) is 11.8 Å². The van der Waals surface area contributed by atoms with Gasteiger partial charge in [-0.05, 0) is 19.3 Å². The van der Waals surface area contributed by atoms with Crippen LogP contribution in [0.3, 0.4) is 0 Å². The smallest absolute Gasteiger partial charge is 0.320 e. The third-order valence-electron chi connectivity index (χ3n) is 2.77. The van der Waals surface area contributed by atoms with Crippen molar-refractivity contribution in [3.05, 3.63) is 0 Å². The van der Waals surface area contributed by atoms with E-state index in [4.69, 9.17) is 16.6 Å². The molecule has 0 aromatic rings. The molecule has 0 saturated carbocycles. The first-order valence-corrected chi connectivity index (χ1v) is 6.25. The van der Waals surface area contributed by atoms with Crippen molar-refractivity contribution in [3.63, 3.8) is 0 Å². The lowest BCUT2D eigenvalue weighted by Gasteiger charge is -2.09. The van der Waals surface area contributed by atoms with Crippen molar-refractivity contribution in [2.75, 3.05) is 0 Å². The molecule has 5 heteroatoms. The molecule has 0 aliphatic rings. The molecule has 0 aromatic heterocycles. The number of hydrogen-bond acceptors (Lipinski definition) is 4. The Morgan fingerprint density at radius 3 is 2.24 bits per heavy atom. The number of carbonyl (C=O) groups excluding carboxylic acids is 1. The second-order valence-corrected chi connectivity index (χ2v) is 4.41. The second-order valence-electron chi connectivity index (χ2n) is 4.41. The van der Waals surface area contributed by atoms with E-state index < -0.39 is 12.0 Å². The van der Waals surface area contributed by atoms with Crippen molar-refractivity contribution in [1.82, 2.24) is 0 Å². The Kier molecular flexibility index (Phi) is 8.62. The van der Waals surface area contributed by atoms with Crippen LogP contribution in [0.15, 0.2) is 0 Å². The molecule has 0 spiro atoms. The lowest BCUT2D eigenvalue weighted by atomic mass is 10.0. The molecule has 5 nitrogen and oxygen atoms in total. The minimum atomic E-state index is -0.967. The van der Waals surface area contributed by atoms with E-state index in [9.17, 15) is 9.59 Å². The van der Waals surface area contributed by atoms with Gasteiger partial charge in [-0.2, -0.15) is 0 Å². The third-order valence-corrected chi connectivity index (χ3v) is 2.77. The fourth-order valence-corrected chi connectivity index (χ4v) is 1.62. The Labute approximate surface area is 103 Å². The van der Waals surface area contributed by atoms with Crippen LogP contribution in [0, 0.1) is 0 Å². The van der Waals surface area contributed by atoms with E-state index >= 15 is 0 Å². The van der Waals surface area contributed by atoms with E-state index in [2.05, 4.69) is 0 Å². The highest BCUT2D eigenvalue weighted by atomic mass is 16.4. The molecule has 0 aliphatic carbocycles. The largest absolute Gasteiger partial charge is 0.480 e. The summed E-state index contributed by atoms with van der Waals surface area (Å²) in [6.45, 7) is 2.00. The first-order chi connectivity index (χ1) is 7.99. The molecule has 0 aromatic carbocycles.